The van der Waals surface area contributed by atoms with Gasteiger partial charge >= 0.3 is 0 Å². The summed E-state index contributed by atoms with van der Waals surface area (Å²) in [5.41, 5.74) is 24.0. The van der Waals surface area contributed by atoms with E-state index in [-0.39, 0.29) is 0 Å². The van der Waals surface area contributed by atoms with Crippen LogP contribution in [0.2, 0.25) is 0 Å². The second-order valence-corrected chi connectivity index (χ2v) is 26.9. The molecule has 8 heterocycles. The first-order valence-electron chi connectivity index (χ1n) is 31.6. The van der Waals surface area contributed by atoms with Crippen LogP contribution in [-0.4, -0.2) is 68.2 Å². The fourth-order valence-electron chi connectivity index (χ4n) is 12.3. The zero-order valence-electron chi connectivity index (χ0n) is 61.2. The predicted molar refractivity (Wildman–Crippen MR) is 366 cm³/mol. The molecule has 0 aliphatic carbocycles. The van der Waals surface area contributed by atoms with E-state index in [2.05, 4.69) is 271 Å². The summed E-state index contributed by atoms with van der Waals surface area (Å²) in [6.45, 7) is 73.7. The topological polar surface area (TPSA) is 157 Å². The molecule has 1 N–H and O–H groups in total. The smallest absolute Gasteiger partial charge is 0.137 e. The molecular weight excluding hydrogens is 1080 g/mol. The van der Waals surface area contributed by atoms with Crippen LogP contribution in [0.1, 0.15) is 309 Å². The van der Waals surface area contributed by atoms with E-state index in [1.54, 1.807) is 11.5 Å². The van der Waals surface area contributed by atoms with Crippen LogP contribution in [0.15, 0.2) is 17.0 Å². The average Bonchev–Trinajstić information content (AvgIpc) is 4.02. The average molecular weight is 1210 g/mol. The van der Waals surface area contributed by atoms with Crippen LogP contribution in [0.5, 0.6) is 0 Å². The monoisotopic (exact) mass is 1210 g/mol. The van der Waals surface area contributed by atoms with E-state index in [1.807, 2.05) is 59.0 Å². The van der Waals surface area contributed by atoms with Crippen molar-refractivity contribution in [3.8, 4) is 0 Å². The Hall–Kier alpha value is -5.90. The van der Waals surface area contributed by atoms with Gasteiger partial charge in [0.1, 0.15) is 11.6 Å². The van der Waals surface area contributed by atoms with Gasteiger partial charge in [0.25, 0.3) is 0 Å². The molecule has 8 aromatic rings. The number of aromatic nitrogens is 14. The Balaban J connectivity index is 0.000000492. The summed E-state index contributed by atoms with van der Waals surface area (Å²) in [7, 11) is 4.03. The third-order valence-corrected chi connectivity index (χ3v) is 16.3. The van der Waals surface area contributed by atoms with Crippen molar-refractivity contribution >= 4 is 11.5 Å². The zero-order valence-corrected chi connectivity index (χ0v) is 62.0. The van der Waals surface area contributed by atoms with E-state index in [0.717, 1.165) is 35.2 Å². The molecule has 0 radical (unpaired) electrons. The van der Waals surface area contributed by atoms with Crippen LogP contribution in [0, 0.1) is 104 Å². The van der Waals surface area contributed by atoms with Crippen molar-refractivity contribution in [3.05, 3.63) is 136 Å². The van der Waals surface area contributed by atoms with Crippen molar-refractivity contribution in [2.75, 3.05) is 0 Å². The van der Waals surface area contributed by atoms with Gasteiger partial charge in [-0.1, -0.05) is 102 Å². The summed E-state index contributed by atoms with van der Waals surface area (Å²) in [5, 5.41) is 24.3. The molecule has 86 heavy (non-hydrogen) atoms. The Kier molecular flexibility index (Phi) is 32.5. The molecule has 0 aromatic carbocycles. The quantitative estimate of drug-likeness (QED) is 0.141. The first-order chi connectivity index (χ1) is 39.7. The first-order valence-corrected chi connectivity index (χ1v) is 32.4. The number of nitrogens with one attached hydrogen (secondary N) is 1. The second-order valence-electron chi connectivity index (χ2n) is 25.9. The Morgan fingerprint density at radius 1 is 0.477 bits per heavy atom. The minimum absolute atomic E-state index is 0.464. The van der Waals surface area contributed by atoms with E-state index in [4.69, 9.17) is 4.52 Å². The maximum absolute atomic E-state index is 5.01. The third kappa shape index (κ3) is 22.1. The lowest BCUT2D eigenvalue weighted by atomic mass is 10.0. The lowest BCUT2D eigenvalue weighted by Gasteiger charge is -2.10. The van der Waals surface area contributed by atoms with E-state index >= 15 is 0 Å². The Morgan fingerprint density at radius 3 is 1.16 bits per heavy atom. The molecule has 15 nitrogen and oxygen atoms in total. The molecule has 0 spiro atoms. The minimum atomic E-state index is 0.464. The lowest BCUT2D eigenvalue weighted by molar-refractivity contribution is 0.392. The second kappa shape index (κ2) is 35.8. The maximum atomic E-state index is 5.01. The molecule has 8 aromatic heterocycles. The molecule has 0 saturated carbocycles. The van der Waals surface area contributed by atoms with Crippen molar-refractivity contribution in [3.63, 3.8) is 0 Å². The Labute approximate surface area is 527 Å². The van der Waals surface area contributed by atoms with Crippen LogP contribution in [0.3, 0.4) is 0 Å². The van der Waals surface area contributed by atoms with Gasteiger partial charge in [-0.25, -0.2) is 9.97 Å². The van der Waals surface area contributed by atoms with Crippen molar-refractivity contribution in [2.24, 2.45) is 14.1 Å². The highest BCUT2D eigenvalue weighted by molar-refractivity contribution is 7.05. The van der Waals surface area contributed by atoms with Gasteiger partial charge < -0.3 is 13.7 Å². The summed E-state index contributed by atoms with van der Waals surface area (Å²) in [5.74, 6) is 6.11. The van der Waals surface area contributed by atoms with Gasteiger partial charge in [0.15, 0.2) is 0 Å². The Morgan fingerprint density at radius 2 is 0.953 bits per heavy atom. The minimum Gasteiger partial charge on any atom is -0.361 e. The summed E-state index contributed by atoms with van der Waals surface area (Å²) < 4.78 is 19.7. The number of rotatable bonds is 10. The van der Waals surface area contributed by atoms with E-state index in [1.165, 1.54) is 95.2 Å². The van der Waals surface area contributed by atoms with Gasteiger partial charge in [0, 0.05) is 83.5 Å². The summed E-state index contributed by atoms with van der Waals surface area (Å²) in [4.78, 5) is 9.77. The molecule has 0 saturated heterocycles. The normalized spacial score (nSPS) is 11.1. The fourth-order valence-corrected chi connectivity index (χ4v) is 13.1. The molecule has 0 unspecified atom stereocenters. The summed E-state index contributed by atoms with van der Waals surface area (Å²) >= 11 is 1.61. The fraction of sp³-hybridized carbons (Fsp3) is 0.657. The Bertz CT molecular complexity index is 2850. The van der Waals surface area contributed by atoms with E-state index < -0.39 is 0 Å². The molecule has 0 aliphatic heterocycles. The van der Waals surface area contributed by atoms with Gasteiger partial charge in [0.2, 0.25) is 0 Å². The molecule has 0 bridgehead atoms. The van der Waals surface area contributed by atoms with Crippen molar-refractivity contribution in [2.45, 2.75) is 295 Å². The van der Waals surface area contributed by atoms with Crippen LogP contribution in [-0.2, 0) is 20.6 Å². The zero-order chi connectivity index (χ0) is 66.7. The predicted octanol–water partition coefficient (Wildman–Crippen LogP) is 19.4. The van der Waals surface area contributed by atoms with Crippen molar-refractivity contribution < 1.29 is 4.52 Å². The number of hydrogen-bond acceptors (Lipinski definition) is 10. The van der Waals surface area contributed by atoms with E-state index in [0.29, 0.717) is 53.5 Å². The molecule has 16 heteroatoms. The van der Waals surface area contributed by atoms with Gasteiger partial charge in [0.05, 0.1) is 46.2 Å². The van der Waals surface area contributed by atoms with Crippen molar-refractivity contribution in [1.82, 2.24) is 68.2 Å². The highest BCUT2D eigenvalue weighted by Gasteiger charge is 2.17. The maximum Gasteiger partial charge on any atom is 0.137 e. The van der Waals surface area contributed by atoms with E-state index in [9.17, 15) is 0 Å². The number of imidazole rings is 2. The van der Waals surface area contributed by atoms with Crippen LogP contribution >= 0.6 is 11.5 Å². The van der Waals surface area contributed by atoms with Crippen LogP contribution in [0.4, 0.5) is 0 Å². The number of nitrogens with zero attached hydrogens (tertiary/aromatic N) is 13. The SMILES string of the molecule is CCn1nc(C)c(C(C)C)c1C.Cc1cnc(C)n1C(C)C.Cc1n[nH]c(C)c1C(C)C.Cc1ncn(C)c1C(C)C.Cc1nn(C(C)C)c(C)c1C(C)C.Cc1nn(C)c(C)c1C(C)C.Cc1noc(C)c1C(C)C.Cc1nsc(C)c1C(C)C. The molecule has 0 aliphatic rings. The van der Waals surface area contributed by atoms with Gasteiger partial charge in [-0.3, -0.25) is 19.1 Å². The largest absolute Gasteiger partial charge is 0.361 e. The number of H-pyrrole nitrogens is 1. The van der Waals surface area contributed by atoms with Crippen molar-refractivity contribution in [1.29, 1.82) is 0 Å². The molecule has 484 valence electrons. The third-order valence-electron chi connectivity index (χ3n) is 15.4. The molecule has 0 fully saturated rings. The van der Waals surface area contributed by atoms with Crippen LogP contribution in [0.25, 0.3) is 0 Å². The molecular formula is C70H122N14OS. The van der Waals surface area contributed by atoms with Crippen LogP contribution < -0.4 is 0 Å². The lowest BCUT2D eigenvalue weighted by Crippen LogP contribution is -2.05. The number of aryl methyl sites for hydroxylation is 15. The summed E-state index contributed by atoms with van der Waals surface area (Å²) in [6, 6.07) is 0.994. The number of hydrogen-bond donors (Lipinski definition) is 1. The molecule has 8 rings (SSSR count). The number of aromatic amines is 1. The molecule has 0 amide bonds. The van der Waals surface area contributed by atoms with Gasteiger partial charge in [-0.05, 0) is 219 Å². The molecule has 0 atom stereocenters. The standard InChI is InChI=1S/C11H20N2.C10H18N2.C9H16N2.3C8H14N2.C8H13NO.C8H13NS/c1-7(2)11-9(5)12-13(8(3)4)10(11)6;1-6-12-9(5)10(7(2)3)8(4)11-12;1-6(2)9-7(3)10-11(5)8(9)4;1-6(2)8-7(3)9-5-10(8)4;1-6(2)10-7(3)5-9-8(10)4;3*1-5(2)8-6(3)9-10-7(8)4/h7-8H,1-6H3;7H,6H2,1-5H3;6H,1-5H3;2*5-6H,1-4H3;5H,1-4H3,(H,9,10);2*5H,1-4H3. The summed E-state index contributed by atoms with van der Waals surface area (Å²) in [6.07, 6.45) is 3.78. The van der Waals surface area contributed by atoms with Gasteiger partial charge in [-0.2, -0.15) is 24.8 Å². The van der Waals surface area contributed by atoms with Gasteiger partial charge in [-0.15, -0.1) is 0 Å². The first kappa shape index (κ1) is 78.1. The highest BCUT2D eigenvalue weighted by atomic mass is 32.1. The highest BCUT2D eigenvalue weighted by Crippen LogP contribution is 2.28.